The zero-order valence-corrected chi connectivity index (χ0v) is 62.4. The smallest absolute Gasteiger partial charge is 0.304 e. The van der Waals surface area contributed by atoms with Crippen molar-refractivity contribution in [3.8, 4) is 23.7 Å². The molecule has 0 saturated heterocycles. The maximum atomic E-state index is 11.0. The highest BCUT2D eigenvalue weighted by molar-refractivity contribution is 5.67. The van der Waals surface area contributed by atoms with Crippen molar-refractivity contribution in [1.82, 2.24) is 0 Å². The number of allylic oxidation sites excluding steroid dienone is 37. The highest BCUT2D eigenvalue weighted by Crippen LogP contribution is 2.07. The van der Waals surface area contributed by atoms with Crippen LogP contribution in [0.5, 0.6) is 0 Å². The zero-order chi connectivity index (χ0) is 76.3. The van der Waals surface area contributed by atoms with Crippen molar-refractivity contribution in [3.05, 3.63) is 267 Å². The van der Waals surface area contributed by atoms with Gasteiger partial charge in [0.2, 0.25) is 0 Å². The topological polar surface area (TPSA) is 225 Å². The molecule has 103 heavy (non-hydrogen) atoms. The Kier molecular flexibility index (Phi) is 88.3. The molecule has 6 N–H and O–H groups in total. The first kappa shape index (κ1) is 100. The quantitative estimate of drug-likeness (QED) is 0.00635. The van der Waals surface area contributed by atoms with Crippen molar-refractivity contribution < 1.29 is 64.4 Å². The number of hydrogen-bond donors (Lipinski definition) is 6. The Bertz CT molecular complexity index is 2890. The van der Waals surface area contributed by atoms with Gasteiger partial charge in [0, 0.05) is 44.4 Å². The van der Waals surface area contributed by atoms with Crippen LogP contribution in [0.2, 0.25) is 0 Å². The van der Waals surface area contributed by atoms with Gasteiger partial charge < -0.3 is 35.1 Å². The lowest BCUT2D eigenvalue weighted by molar-refractivity contribution is -0.264. The summed E-state index contributed by atoms with van der Waals surface area (Å²) in [6, 6.07) is 0. The molecule has 0 amide bonds. The van der Waals surface area contributed by atoms with Gasteiger partial charge in [-0.15, -0.1) is 11.8 Å². The van der Waals surface area contributed by atoms with Crippen molar-refractivity contribution in [2.24, 2.45) is 5.92 Å². The number of rotatable bonds is 56. The zero-order valence-electron chi connectivity index (χ0n) is 62.4. The number of aldehydes is 1. The molecule has 0 heterocycles. The lowest BCUT2D eigenvalue weighted by atomic mass is 10.1. The third-order valence-electron chi connectivity index (χ3n) is 13.0. The second-order valence-corrected chi connectivity index (χ2v) is 22.3. The summed E-state index contributed by atoms with van der Waals surface area (Å²) in [5, 5.41) is 53.6. The molecule has 1 unspecified atom stereocenters. The van der Waals surface area contributed by atoms with Gasteiger partial charge in [-0.3, -0.25) is 24.4 Å². The van der Waals surface area contributed by atoms with Crippen LogP contribution in [0.1, 0.15) is 207 Å². The fourth-order valence-corrected chi connectivity index (χ4v) is 7.58. The van der Waals surface area contributed by atoms with E-state index in [2.05, 4.69) is 170 Å². The minimum Gasteiger partial charge on any atom is -0.481 e. The normalized spacial score (nSPS) is 13.7. The fourth-order valence-electron chi connectivity index (χ4n) is 7.58. The number of aliphatic carboxylic acids is 3. The van der Waals surface area contributed by atoms with Crippen LogP contribution in [0.25, 0.3) is 0 Å². The molecule has 0 bridgehead atoms. The summed E-state index contributed by atoms with van der Waals surface area (Å²) < 4.78 is 4.58. The molecule has 0 aromatic heterocycles. The largest absolute Gasteiger partial charge is 0.481 e. The van der Waals surface area contributed by atoms with Crippen LogP contribution in [-0.2, 0) is 33.6 Å². The van der Waals surface area contributed by atoms with Crippen LogP contribution >= 0.6 is 0 Å². The van der Waals surface area contributed by atoms with Crippen molar-refractivity contribution in [2.45, 2.75) is 226 Å². The summed E-state index contributed by atoms with van der Waals surface area (Å²) in [4.78, 5) is 56.3. The first-order chi connectivity index (χ1) is 50.4. The van der Waals surface area contributed by atoms with Crippen LogP contribution in [0.3, 0.4) is 0 Å². The summed E-state index contributed by atoms with van der Waals surface area (Å²) in [6.07, 6.45) is 109. The van der Waals surface area contributed by atoms with E-state index in [4.69, 9.17) is 20.6 Å². The van der Waals surface area contributed by atoms with Gasteiger partial charge in [0.05, 0.1) is 25.2 Å². The lowest BCUT2D eigenvalue weighted by Gasteiger charge is -2.03. The Morgan fingerprint density at radius 3 is 1.12 bits per heavy atom. The Balaban J connectivity index is -0.000000635. The van der Waals surface area contributed by atoms with E-state index in [1.54, 1.807) is 12.2 Å². The number of unbranched alkanes of at least 4 members (excludes halogenated alkanes) is 1. The van der Waals surface area contributed by atoms with Crippen LogP contribution in [0.15, 0.2) is 267 Å². The molecule has 0 aliphatic carbocycles. The van der Waals surface area contributed by atoms with Crippen LogP contribution in [-0.4, -0.2) is 86.4 Å². The predicted molar refractivity (Wildman–Crippen MR) is 433 cm³/mol. The maximum absolute atomic E-state index is 11.0. The van der Waals surface area contributed by atoms with Gasteiger partial charge in [0.25, 0.3) is 6.47 Å². The number of carbonyl (C=O) groups is 5. The van der Waals surface area contributed by atoms with E-state index < -0.39 is 30.1 Å². The SMILES string of the molecule is CC/C=C\C/C=C\C/C=C\C/C=C\C/C=C\CC#CCCCC(=O)O.CC/C=C\CC(O)/C=C/C=C\C/C=C\C=C\[C@H](C=O)C/C=C\CCOC=O.CC/C=C\C[C@@H](/C=C/C=C\C/C=C\C/C=C\CC#CCCC(=O)O)OO.CC/C=C\C[C@@H](O)/C=C/C=C\C/C=C\C/C=C\C/C=C\CCC(=O)O. The number of carboxylic acid groups (broad SMARTS) is 3. The molecule has 0 aliphatic rings. The summed E-state index contributed by atoms with van der Waals surface area (Å²) in [6.45, 7) is 9.14. The molecule has 0 spiro atoms. The second kappa shape index (κ2) is 90.8. The predicted octanol–water partition coefficient (Wildman–Crippen LogP) is 22.0. The number of aliphatic hydroxyl groups excluding tert-OH is 2. The summed E-state index contributed by atoms with van der Waals surface area (Å²) in [5.74, 6) is 9.30. The molecule has 4 atom stereocenters. The van der Waals surface area contributed by atoms with Gasteiger partial charge in [-0.25, -0.2) is 4.89 Å². The first-order valence-electron chi connectivity index (χ1n) is 36.5. The molecular weight excluding hydrogens is 1290 g/mol. The first-order valence-corrected chi connectivity index (χ1v) is 36.5. The fraction of sp³-hybridized carbons (Fsp3) is 0.411. The lowest BCUT2D eigenvalue weighted by Crippen LogP contribution is -2.04. The Hall–Kier alpha value is -9.21. The van der Waals surface area contributed by atoms with Gasteiger partial charge in [-0.05, 0) is 135 Å². The second-order valence-electron chi connectivity index (χ2n) is 22.3. The number of aliphatic hydroxyl groups is 2. The van der Waals surface area contributed by atoms with Gasteiger partial charge in [0.15, 0.2) is 0 Å². The van der Waals surface area contributed by atoms with Crippen molar-refractivity contribution in [2.75, 3.05) is 6.61 Å². The summed E-state index contributed by atoms with van der Waals surface area (Å²) >= 11 is 0. The number of ether oxygens (including phenoxy) is 1. The summed E-state index contributed by atoms with van der Waals surface area (Å²) in [7, 11) is 0. The van der Waals surface area contributed by atoms with Gasteiger partial charge in [0.1, 0.15) is 12.4 Å². The van der Waals surface area contributed by atoms with Crippen LogP contribution < -0.4 is 0 Å². The molecule has 0 saturated carbocycles. The highest BCUT2D eigenvalue weighted by Gasteiger charge is 2.01. The number of carbonyl (C=O) groups excluding carboxylic acids is 2. The average molecular weight is 1420 g/mol. The average Bonchev–Trinajstić information content (AvgIpc) is 2.35. The summed E-state index contributed by atoms with van der Waals surface area (Å²) in [5.41, 5.74) is 0. The minimum absolute atomic E-state index is 0.103. The number of carboxylic acids is 3. The molecule has 0 aromatic carbocycles. The maximum Gasteiger partial charge on any atom is 0.304 e. The standard InChI is InChI=1S/C23H32O4.C23H32O2.C22H30O4.C22H32O3/c1-2-3-10-17-23(26)18-13-8-6-4-5-7-11-15-22(20-24)16-12-9-14-19-27-21-25;1-2-3-4-5-6-7-8-9-10-11-12-13-14-15-16-17-18-19-20-21-22-23(24)25;1-2-3-15-18-21(26-25)19-16-13-11-9-7-5-4-6-8-10-12-14-17-20-22(23)24;1-2-3-15-18-21(23)19-16-13-11-9-7-5-4-6-8-10-12-14-17-20-22(24)25/h3,5-13,15,18,20-23,26H,2,4,14,16-17,19H2,1H3;3-4,6-7,9-10,12-13,15-16H,2,5,8,11,14,17,20-22H2,1H3,(H,24,25);3,5-8,11,13,15-16,19,21,25H,2,4,9-10,17-18,20H2,1H3,(H,23,24);3,5-8,11-16,19,21,23H,2,4,9-10,17-18,20H2,1H3,(H,24,25)/b7-5-,8-6-,10-3-,12-9-,15-11+,18-13+;4-3-,7-6-,10-9-,13-12-,16-15-;7-5-,8-6-,13-11-,15-3-,19-16+;7-5-,8-6-,13-11-,14-12-,15-3-,19-16+/t22-,23?;;2*21-/m0.01/s1. The molecule has 564 valence electrons. The van der Waals surface area contributed by atoms with E-state index in [0.29, 0.717) is 77.3 Å². The van der Waals surface area contributed by atoms with Crippen molar-refractivity contribution in [1.29, 1.82) is 0 Å². The Morgan fingerprint density at radius 2 is 0.699 bits per heavy atom. The Morgan fingerprint density at radius 1 is 0.350 bits per heavy atom. The molecule has 0 aliphatic heterocycles. The van der Waals surface area contributed by atoms with E-state index in [-0.39, 0.29) is 31.3 Å². The van der Waals surface area contributed by atoms with Gasteiger partial charge >= 0.3 is 17.9 Å². The van der Waals surface area contributed by atoms with E-state index in [0.717, 1.165) is 103 Å². The molecule has 0 aromatic rings. The highest BCUT2D eigenvalue weighted by atomic mass is 17.1. The van der Waals surface area contributed by atoms with E-state index >= 15 is 0 Å². The number of hydrogen-bond acceptors (Lipinski definition) is 10. The third kappa shape index (κ3) is 99.2. The monoisotopic (exact) mass is 1410 g/mol. The molecule has 0 rings (SSSR count). The van der Waals surface area contributed by atoms with E-state index in [1.165, 1.54) is 0 Å². The van der Waals surface area contributed by atoms with Crippen LogP contribution in [0, 0.1) is 29.6 Å². The molecule has 13 nitrogen and oxygen atoms in total. The Labute approximate surface area is 621 Å². The van der Waals surface area contributed by atoms with E-state index in [1.807, 2.05) is 146 Å². The van der Waals surface area contributed by atoms with Gasteiger partial charge in [-0.2, -0.15) is 0 Å². The minimum atomic E-state index is -0.810. The molecule has 0 radical (unpaired) electrons. The van der Waals surface area contributed by atoms with E-state index in [9.17, 15) is 34.2 Å². The molecule has 13 heteroatoms. The van der Waals surface area contributed by atoms with Crippen molar-refractivity contribution >= 4 is 30.7 Å². The van der Waals surface area contributed by atoms with Crippen molar-refractivity contribution in [3.63, 3.8) is 0 Å². The third-order valence-corrected chi connectivity index (χ3v) is 13.0. The molecular formula is C90H126O13. The van der Waals surface area contributed by atoms with Crippen LogP contribution in [0.4, 0.5) is 0 Å². The molecule has 0 fully saturated rings. The van der Waals surface area contributed by atoms with Gasteiger partial charge in [-0.1, -0.05) is 307 Å².